The van der Waals surface area contributed by atoms with Crippen LogP contribution in [0, 0.1) is 18.8 Å². The number of nitrogens with zero attached hydrogens (tertiary/aromatic N) is 2. The molecule has 0 radical (unpaired) electrons. The number of ether oxygens (including phenoxy) is 1. The van der Waals surface area contributed by atoms with Gasteiger partial charge in [0.05, 0.1) is 35.9 Å². The Morgan fingerprint density at radius 2 is 1.79 bits per heavy atom. The topological polar surface area (TPSA) is 85.2 Å². The molecule has 174 valence electrons. The normalized spacial score (nSPS) is 21.6. The van der Waals surface area contributed by atoms with E-state index in [0.29, 0.717) is 28.4 Å². The number of aromatic nitrogens is 2. The van der Waals surface area contributed by atoms with E-state index in [9.17, 15) is 9.59 Å². The standard InChI is InChI=1S/C26H25ClN4O3/c1-14-13-19-22(24(32)20(14)26(33)34-3)23(29-18-12-8-7-11-17(18)28-19)21-15(2)30-31(25(21)27)16-9-5-4-6-10-16/h4-12,14,20,23,28-29H,13H2,1-3H3/t14-,20-,23+/m0/s1. The second kappa shape index (κ2) is 8.65. The van der Waals surface area contributed by atoms with Crippen LogP contribution in [-0.4, -0.2) is 28.6 Å². The number of halogens is 1. The Morgan fingerprint density at radius 1 is 1.12 bits per heavy atom. The van der Waals surface area contributed by atoms with Gasteiger partial charge in [0.15, 0.2) is 5.78 Å². The quantitative estimate of drug-likeness (QED) is 0.405. The maximum atomic E-state index is 13.8. The van der Waals surface area contributed by atoms with E-state index in [0.717, 1.165) is 22.8 Å². The number of hydrogen-bond donors (Lipinski definition) is 2. The highest BCUT2D eigenvalue weighted by atomic mass is 35.5. The van der Waals surface area contributed by atoms with E-state index in [1.807, 2.05) is 68.4 Å². The van der Waals surface area contributed by atoms with Crippen molar-refractivity contribution in [2.24, 2.45) is 11.8 Å². The van der Waals surface area contributed by atoms with Crippen LogP contribution in [0.3, 0.4) is 0 Å². The minimum Gasteiger partial charge on any atom is -0.468 e. The Hall–Kier alpha value is -3.58. The van der Waals surface area contributed by atoms with E-state index in [2.05, 4.69) is 15.7 Å². The third kappa shape index (κ3) is 3.56. The van der Waals surface area contributed by atoms with Gasteiger partial charge >= 0.3 is 5.97 Å². The number of benzene rings is 2. The summed E-state index contributed by atoms with van der Waals surface area (Å²) in [5.41, 5.74) is 5.17. The first-order valence-electron chi connectivity index (χ1n) is 11.2. The molecule has 2 heterocycles. The van der Waals surface area contributed by atoms with Gasteiger partial charge in [0.25, 0.3) is 0 Å². The van der Waals surface area contributed by atoms with Gasteiger partial charge in [-0.1, -0.05) is 48.9 Å². The molecule has 34 heavy (non-hydrogen) atoms. The first kappa shape index (κ1) is 22.2. The highest BCUT2D eigenvalue weighted by molar-refractivity contribution is 6.31. The van der Waals surface area contributed by atoms with Crippen molar-refractivity contribution in [2.45, 2.75) is 26.3 Å². The Morgan fingerprint density at radius 3 is 2.50 bits per heavy atom. The van der Waals surface area contributed by atoms with Crippen LogP contribution in [0.4, 0.5) is 11.4 Å². The minimum absolute atomic E-state index is 0.208. The van der Waals surface area contributed by atoms with Crippen LogP contribution in [-0.2, 0) is 14.3 Å². The summed E-state index contributed by atoms with van der Waals surface area (Å²) >= 11 is 6.93. The van der Waals surface area contributed by atoms with E-state index in [4.69, 9.17) is 16.3 Å². The molecule has 0 unspecified atom stereocenters. The molecule has 1 aromatic heterocycles. The van der Waals surface area contributed by atoms with E-state index in [1.54, 1.807) is 4.68 Å². The summed E-state index contributed by atoms with van der Waals surface area (Å²) in [4.78, 5) is 26.4. The fraction of sp³-hybridized carbons (Fsp3) is 0.269. The largest absolute Gasteiger partial charge is 0.468 e. The highest BCUT2D eigenvalue weighted by Crippen LogP contribution is 2.46. The molecule has 0 spiro atoms. The van der Waals surface area contributed by atoms with Crippen LogP contribution in [0.15, 0.2) is 65.9 Å². The number of fused-ring (bicyclic) bond motifs is 1. The van der Waals surface area contributed by atoms with Crippen molar-refractivity contribution in [1.82, 2.24) is 9.78 Å². The number of nitrogens with one attached hydrogen (secondary N) is 2. The van der Waals surface area contributed by atoms with Crippen LogP contribution in [0.2, 0.25) is 5.15 Å². The number of esters is 1. The molecule has 3 atom stereocenters. The summed E-state index contributed by atoms with van der Waals surface area (Å²) in [5.74, 6) is -1.87. The molecule has 0 bridgehead atoms. The smallest absolute Gasteiger partial charge is 0.316 e. The van der Waals surface area contributed by atoms with E-state index < -0.39 is 17.9 Å². The molecule has 2 aliphatic rings. The van der Waals surface area contributed by atoms with Crippen molar-refractivity contribution in [3.05, 3.63) is 82.3 Å². The Balaban J connectivity index is 1.70. The third-order valence-corrected chi connectivity index (χ3v) is 6.93. The van der Waals surface area contributed by atoms with Crippen molar-refractivity contribution in [2.75, 3.05) is 17.7 Å². The summed E-state index contributed by atoms with van der Waals surface area (Å²) in [6.45, 7) is 3.77. The summed E-state index contributed by atoms with van der Waals surface area (Å²) < 4.78 is 6.66. The number of carbonyl (C=O) groups is 2. The minimum atomic E-state index is -0.876. The number of ketones is 1. The molecule has 2 aromatic carbocycles. The van der Waals surface area contributed by atoms with Gasteiger partial charge in [0.2, 0.25) is 0 Å². The molecule has 0 amide bonds. The van der Waals surface area contributed by atoms with E-state index in [1.165, 1.54) is 7.11 Å². The van der Waals surface area contributed by atoms with Crippen LogP contribution in [0.5, 0.6) is 0 Å². The number of para-hydroxylation sites is 3. The molecule has 7 nitrogen and oxygen atoms in total. The molecule has 3 aromatic rings. The lowest BCUT2D eigenvalue weighted by atomic mass is 9.75. The monoisotopic (exact) mass is 476 g/mol. The molecule has 5 rings (SSSR count). The zero-order chi connectivity index (χ0) is 24.0. The summed E-state index contributed by atoms with van der Waals surface area (Å²) in [6, 6.07) is 16.8. The Bertz CT molecular complexity index is 1310. The molecule has 2 N–H and O–H groups in total. The Kier molecular flexibility index (Phi) is 5.65. The molecule has 1 aliphatic heterocycles. The number of anilines is 2. The maximum absolute atomic E-state index is 13.8. The lowest BCUT2D eigenvalue weighted by molar-refractivity contribution is -0.151. The predicted molar refractivity (Wildman–Crippen MR) is 131 cm³/mol. The zero-order valence-corrected chi connectivity index (χ0v) is 19.9. The van der Waals surface area contributed by atoms with Crippen molar-refractivity contribution in [3.63, 3.8) is 0 Å². The van der Waals surface area contributed by atoms with Crippen LogP contribution in [0.1, 0.15) is 30.6 Å². The first-order valence-corrected chi connectivity index (χ1v) is 11.6. The zero-order valence-electron chi connectivity index (χ0n) is 19.1. The average Bonchev–Trinajstić information content (AvgIpc) is 3.02. The second-order valence-electron chi connectivity index (χ2n) is 8.72. The SMILES string of the molecule is COC(=O)[C@@H]1C(=O)C2=C(C[C@@H]1C)Nc1ccccc1N[C@@H]2c1c(C)nn(-c2ccccc2)c1Cl. The molecule has 0 saturated carbocycles. The van der Waals surface area contributed by atoms with Gasteiger partial charge in [0, 0.05) is 16.8 Å². The number of carbonyl (C=O) groups excluding carboxylic acids is 2. The second-order valence-corrected chi connectivity index (χ2v) is 9.08. The number of aryl methyl sites for hydroxylation is 1. The van der Waals surface area contributed by atoms with E-state index >= 15 is 0 Å². The number of methoxy groups -OCH3 is 1. The Labute approximate surface area is 202 Å². The number of Topliss-reactive ketones (excluding diaryl/α,β-unsaturated/α-hetero) is 1. The average molecular weight is 477 g/mol. The van der Waals surface area contributed by atoms with Gasteiger partial charge in [-0.2, -0.15) is 5.10 Å². The summed E-state index contributed by atoms with van der Waals surface area (Å²) in [6.07, 6.45) is 0.525. The van der Waals surface area contributed by atoms with Crippen LogP contribution >= 0.6 is 11.6 Å². The lowest BCUT2D eigenvalue weighted by Gasteiger charge is -2.32. The third-order valence-electron chi connectivity index (χ3n) is 6.56. The van der Waals surface area contributed by atoms with E-state index in [-0.39, 0.29) is 11.7 Å². The van der Waals surface area contributed by atoms with Crippen LogP contribution < -0.4 is 10.6 Å². The molecule has 0 saturated heterocycles. The predicted octanol–water partition coefficient (Wildman–Crippen LogP) is 5.07. The van der Waals surface area contributed by atoms with Crippen molar-refractivity contribution >= 4 is 34.7 Å². The van der Waals surface area contributed by atoms with Gasteiger partial charge in [-0.25, -0.2) is 4.68 Å². The fourth-order valence-corrected chi connectivity index (χ4v) is 5.31. The summed E-state index contributed by atoms with van der Waals surface area (Å²) in [7, 11) is 1.31. The maximum Gasteiger partial charge on any atom is 0.316 e. The first-order chi connectivity index (χ1) is 16.4. The fourth-order valence-electron chi connectivity index (χ4n) is 4.93. The van der Waals surface area contributed by atoms with Crippen molar-refractivity contribution in [1.29, 1.82) is 0 Å². The molecule has 0 fully saturated rings. The van der Waals surface area contributed by atoms with Crippen molar-refractivity contribution < 1.29 is 14.3 Å². The van der Waals surface area contributed by atoms with Gasteiger partial charge in [-0.15, -0.1) is 0 Å². The number of rotatable bonds is 3. The molecular weight excluding hydrogens is 452 g/mol. The lowest BCUT2D eigenvalue weighted by Crippen LogP contribution is -2.39. The highest BCUT2D eigenvalue weighted by Gasteiger charge is 2.45. The van der Waals surface area contributed by atoms with Gasteiger partial charge < -0.3 is 15.4 Å². The van der Waals surface area contributed by atoms with Gasteiger partial charge in [-0.3, -0.25) is 9.59 Å². The molecular formula is C26H25ClN4O3. The van der Waals surface area contributed by atoms with Gasteiger partial charge in [0.1, 0.15) is 11.1 Å². The summed E-state index contributed by atoms with van der Waals surface area (Å²) in [5, 5.41) is 12.1. The molecule has 8 heteroatoms. The van der Waals surface area contributed by atoms with Crippen molar-refractivity contribution in [3.8, 4) is 5.69 Å². The molecule has 1 aliphatic carbocycles. The van der Waals surface area contributed by atoms with Crippen LogP contribution in [0.25, 0.3) is 5.69 Å². The number of allylic oxidation sites excluding steroid dienone is 1. The van der Waals surface area contributed by atoms with Gasteiger partial charge in [-0.05, 0) is 43.5 Å². The number of hydrogen-bond acceptors (Lipinski definition) is 6.